The maximum Gasteiger partial charge on any atom is 0.321 e. The molecule has 0 radical (unpaired) electrons. The molecule has 0 aromatic rings. The van der Waals surface area contributed by atoms with Crippen molar-refractivity contribution in [2.24, 2.45) is 11.3 Å². The van der Waals surface area contributed by atoms with E-state index in [4.69, 9.17) is 10.2 Å². The summed E-state index contributed by atoms with van der Waals surface area (Å²) in [6.45, 7) is 1.69. The summed E-state index contributed by atoms with van der Waals surface area (Å²) >= 11 is 0. The van der Waals surface area contributed by atoms with E-state index in [9.17, 15) is 14.4 Å². The molecule has 6 nitrogen and oxygen atoms in total. The lowest BCUT2D eigenvalue weighted by molar-refractivity contribution is -0.162. The van der Waals surface area contributed by atoms with Crippen LogP contribution < -0.4 is 0 Å². The molecular formula is C8H10O6. The largest absolute Gasteiger partial charge is 0.480 e. The second-order valence-corrected chi connectivity index (χ2v) is 3.09. The summed E-state index contributed by atoms with van der Waals surface area (Å²) in [5.41, 5.74) is -1.95. The number of hydrogen-bond donors (Lipinski definition) is 2. The van der Waals surface area contributed by atoms with E-state index in [1.807, 2.05) is 0 Å². The van der Waals surface area contributed by atoms with Crippen LogP contribution in [0.1, 0.15) is 13.3 Å². The van der Waals surface area contributed by atoms with Gasteiger partial charge in [0.25, 0.3) is 0 Å². The number of hydrogen-bond acceptors (Lipinski definition) is 4. The number of carboxylic acids is 2. The van der Waals surface area contributed by atoms with Crippen LogP contribution in [-0.4, -0.2) is 34.7 Å². The Balaban J connectivity index is 2.76. The van der Waals surface area contributed by atoms with Gasteiger partial charge in [-0.05, 0) is 13.3 Å². The van der Waals surface area contributed by atoms with E-state index in [0.717, 1.165) is 0 Å². The van der Waals surface area contributed by atoms with Crippen LogP contribution in [-0.2, 0) is 19.1 Å². The second kappa shape index (κ2) is 3.28. The van der Waals surface area contributed by atoms with Crippen LogP contribution in [0.5, 0.6) is 0 Å². The standard InChI is InChI=1S/C8H10O6/c1-2-14-5(9)4-3-8(4,6(10)11)7(12)13/h4H,2-3H2,1H3,(H,10,11)(H,12,13). The van der Waals surface area contributed by atoms with E-state index >= 15 is 0 Å². The summed E-state index contributed by atoms with van der Waals surface area (Å²) < 4.78 is 4.56. The Morgan fingerprint density at radius 1 is 1.36 bits per heavy atom. The lowest BCUT2D eigenvalue weighted by atomic mass is 10.1. The minimum atomic E-state index is -1.95. The van der Waals surface area contributed by atoms with Crippen LogP contribution in [0.15, 0.2) is 0 Å². The average Bonchev–Trinajstić information content (AvgIpc) is 2.79. The van der Waals surface area contributed by atoms with E-state index in [-0.39, 0.29) is 13.0 Å². The third-order valence-electron chi connectivity index (χ3n) is 2.30. The fourth-order valence-corrected chi connectivity index (χ4v) is 1.35. The molecule has 0 aromatic carbocycles. The van der Waals surface area contributed by atoms with Crippen LogP contribution in [0, 0.1) is 11.3 Å². The van der Waals surface area contributed by atoms with Gasteiger partial charge >= 0.3 is 17.9 Å². The maximum absolute atomic E-state index is 11.1. The molecule has 0 amide bonds. The molecule has 6 heteroatoms. The fourth-order valence-electron chi connectivity index (χ4n) is 1.35. The Kier molecular flexibility index (Phi) is 2.46. The number of rotatable bonds is 4. The van der Waals surface area contributed by atoms with Gasteiger partial charge in [-0.3, -0.25) is 14.4 Å². The highest BCUT2D eigenvalue weighted by Crippen LogP contribution is 2.53. The van der Waals surface area contributed by atoms with E-state index in [2.05, 4.69) is 4.74 Å². The highest BCUT2D eigenvalue weighted by Gasteiger charge is 2.71. The highest BCUT2D eigenvalue weighted by atomic mass is 16.5. The molecule has 1 aliphatic carbocycles. The molecule has 0 aliphatic heterocycles. The number of carbonyl (C=O) groups excluding carboxylic acids is 1. The second-order valence-electron chi connectivity index (χ2n) is 3.09. The van der Waals surface area contributed by atoms with Gasteiger partial charge in [0.1, 0.15) is 0 Å². The first-order valence-electron chi connectivity index (χ1n) is 4.10. The van der Waals surface area contributed by atoms with Crippen molar-refractivity contribution in [2.75, 3.05) is 6.61 Å². The Morgan fingerprint density at radius 3 is 2.14 bits per heavy atom. The summed E-state index contributed by atoms with van der Waals surface area (Å²) in [6, 6.07) is 0. The zero-order valence-electron chi connectivity index (χ0n) is 7.52. The van der Waals surface area contributed by atoms with Crippen molar-refractivity contribution in [1.82, 2.24) is 0 Å². The Morgan fingerprint density at radius 2 is 1.86 bits per heavy atom. The van der Waals surface area contributed by atoms with Gasteiger partial charge in [-0.2, -0.15) is 0 Å². The van der Waals surface area contributed by atoms with Gasteiger partial charge in [-0.15, -0.1) is 0 Å². The summed E-state index contributed by atoms with van der Waals surface area (Å²) in [7, 11) is 0. The quantitative estimate of drug-likeness (QED) is 0.480. The molecule has 1 fully saturated rings. The first-order valence-corrected chi connectivity index (χ1v) is 4.10. The van der Waals surface area contributed by atoms with Crippen molar-refractivity contribution in [3.8, 4) is 0 Å². The molecule has 1 saturated carbocycles. The highest BCUT2D eigenvalue weighted by molar-refractivity contribution is 6.07. The first-order chi connectivity index (χ1) is 6.46. The molecule has 1 unspecified atom stereocenters. The monoisotopic (exact) mass is 202 g/mol. The van der Waals surface area contributed by atoms with Crippen LogP contribution in [0.3, 0.4) is 0 Å². The topological polar surface area (TPSA) is 101 Å². The Hall–Kier alpha value is -1.59. The van der Waals surface area contributed by atoms with Crippen molar-refractivity contribution < 1.29 is 29.3 Å². The van der Waals surface area contributed by atoms with Crippen molar-refractivity contribution in [3.63, 3.8) is 0 Å². The first kappa shape index (κ1) is 10.5. The fraction of sp³-hybridized carbons (Fsp3) is 0.625. The van der Waals surface area contributed by atoms with Crippen molar-refractivity contribution in [2.45, 2.75) is 13.3 Å². The van der Waals surface area contributed by atoms with E-state index in [1.165, 1.54) is 0 Å². The van der Waals surface area contributed by atoms with Crippen molar-refractivity contribution in [1.29, 1.82) is 0 Å². The van der Waals surface area contributed by atoms with Crippen LogP contribution >= 0.6 is 0 Å². The predicted octanol–water partition coefficient (Wildman–Crippen LogP) is -0.275. The van der Waals surface area contributed by atoms with Crippen LogP contribution in [0.4, 0.5) is 0 Å². The van der Waals surface area contributed by atoms with Gasteiger partial charge in [0.05, 0.1) is 12.5 Å². The van der Waals surface area contributed by atoms with Crippen molar-refractivity contribution in [3.05, 3.63) is 0 Å². The molecule has 0 saturated heterocycles. The van der Waals surface area contributed by atoms with E-state index in [1.54, 1.807) is 6.92 Å². The van der Waals surface area contributed by atoms with Gasteiger partial charge in [0.2, 0.25) is 0 Å². The molecule has 1 rings (SSSR count). The summed E-state index contributed by atoms with van der Waals surface area (Å²) in [5, 5.41) is 17.3. The lowest BCUT2D eigenvalue weighted by Crippen LogP contribution is -2.30. The number of ether oxygens (including phenoxy) is 1. The number of carboxylic acid groups (broad SMARTS) is 2. The van der Waals surface area contributed by atoms with Gasteiger partial charge in [0, 0.05) is 0 Å². The summed E-state index contributed by atoms with van der Waals surface area (Å²) in [4.78, 5) is 32.4. The third-order valence-corrected chi connectivity index (χ3v) is 2.30. The number of esters is 1. The molecule has 1 aliphatic rings. The molecule has 78 valence electrons. The van der Waals surface area contributed by atoms with E-state index < -0.39 is 29.2 Å². The molecule has 1 atom stereocenters. The minimum absolute atomic E-state index is 0.116. The smallest absolute Gasteiger partial charge is 0.321 e. The molecule has 2 N–H and O–H groups in total. The Labute approximate surface area is 79.5 Å². The Bertz CT molecular complexity index is 280. The van der Waals surface area contributed by atoms with Crippen molar-refractivity contribution >= 4 is 17.9 Å². The van der Waals surface area contributed by atoms with Gasteiger partial charge in [-0.1, -0.05) is 0 Å². The molecular weight excluding hydrogens is 192 g/mol. The zero-order valence-corrected chi connectivity index (χ0v) is 7.52. The lowest BCUT2D eigenvalue weighted by Gasteiger charge is -2.05. The average molecular weight is 202 g/mol. The SMILES string of the molecule is CCOC(=O)C1CC1(C(=O)O)C(=O)O. The number of carbonyl (C=O) groups is 3. The number of aliphatic carboxylic acids is 2. The predicted molar refractivity (Wildman–Crippen MR) is 42.4 cm³/mol. The molecule has 0 bridgehead atoms. The van der Waals surface area contributed by atoms with Crippen LogP contribution in [0.25, 0.3) is 0 Å². The van der Waals surface area contributed by atoms with Crippen LogP contribution in [0.2, 0.25) is 0 Å². The molecule has 0 spiro atoms. The third kappa shape index (κ3) is 1.32. The zero-order chi connectivity index (χ0) is 10.9. The minimum Gasteiger partial charge on any atom is -0.480 e. The van der Waals surface area contributed by atoms with Gasteiger partial charge in [0.15, 0.2) is 5.41 Å². The summed E-state index contributed by atoms with van der Waals surface area (Å²) in [5.74, 6) is -4.76. The maximum atomic E-state index is 11.1. The summed E-state index contributed by atoms with van der Waals surface area (Å²) in [6.07, 6.45) is -0.184. The molecule has 14 heavy (non-hydrogen) atoms. The van der Waals surface area contributed by atoms with Gasteiger partial charge in [-0.25, -0.2) is 0 Å². The normalized spacial score (nSPS) is 22.5. The molecule has 0 aromatic heterocycles. The van der Waals surface area contributed by atoms with Gasteiger partial charge < -0.3 is 14.9 Å². The molecule has 0 heterocycles. The van der Waals surface area contributed by atoms with E-state index in [0.29, 0.717) is 0 Å².